The number of hydrogen-bond donors (Lipinski definition) is 1. The Bertz CT molecular complexity index is 70.1. The summed E-state index contributed by atoms with van der Waals surface area (Å²) >= 11 is 0. The first-order chi connectivity index (χ1) is 3.77. The second-order valence-electron chi connectivity index (χ2n) is 1.49. The lowest BCUT2D eigenvalue weighted by molar-refractivity contribution is -0.118. The lowest BCUT2D eigenvalue weighted by atomic mass is 10.3. The Morgan fingerprint density at radius 1 is 1.75 bits per heavy atom. The SMILES string of the molecule is CC(=O)CCOCO. The number of ether oxygens (including phenoxy) is 1. The Balaban J connectivity index is 2.82. The number of aliphatic hydroxyl groups excluding tert-OH is 1. The Hall–Kier alpha value is -0.410. The molecule has 0 aromatic heterocycles. The number of Topliss-reactive ketones (excluding diaryl/α,β-unsaturated/α-hetero) is 1. The molecular weight excluding hydrogens is 108 g/mol. The van der Waals surface area contributed by atoms with Crippen molar-refractivity contribution in [2.24, 2.45) is 0 Å². The molecule has 0 rings (SSSR count). The summed E-state index contributed by atoms with van der Waals surface area (Å²) in [6, 6.07) is 0. The number of aliphatic hydroxyl groups is 1. The van der Waals surface area contributed by atoms with Gasteiger partial charge in [-0.25, -0.2) is 0 Å². The van der Waals surface area contributed by atoms with Gasteiger partial charge in [-0.1, -0.05) is 0 Å². The molecule has 3 nitrogen and oxygen atoms in total. The molecule has 0 aromatic rings. The van der Waals surface area contributed by atoms with Gasteiger partial charge in [0, 0.05) is 6.42 Å². The third-order valence-electron chi connectivity index (χ3n) is 0.690. The van der Waals surface area contributed by atoms with E-state index in [-0.39, 0.29) is 12.6 Å². The van der Waals surface area contributed by atoms with Crippen LogP contribution in [0.3, 0.4) is 0 Å². The molecule has 8 heavy (non-hydrogen) atoms. The van der Waals surface area contributed by atoms with Gasteiger partial charge in [0.1, 0.15) is 12.6 Å². The third-order valence-corrected chi connectivity index (χ3v) is 0.690. The van der Waals surface area contributed by atoms with Gasteiger partial charge in [0.25, 0.3) is 0 Å². The minimum absolute atomic E-state index is 0.0819. The van der Waals surface area contributed by atoms with E-state index in [4.69, 9.17) is 5.11 Å². The van der Waals surface area contributed by atoms with Crippen LogP contribution in [0.1, 0.15) is 13.3 Å². The van der Waals surface area contributed by atoms with Crippen molar-refractivity contribution in [3.8, 4) is 0 Å². The second-order valence-corrected chi connectivity index (χ2v) is 1.49. The van der Waals surface area contributed by atoms with Crippen LogP contribution in [0.2, 0.25) is 0 Å². The Morgan fingerprint density at radius 2 is 2.38 bits per heavy atom. The lowest BCUT2D eigenvalue weighted by Gasteiger charge is -1.93. The number of ketones is 1. The Labute approximate surface area is 48.3 Å². The molecule has 48 valence electrons. The zero-order chi connectivity index (χ0) is 6.41. The first-order valence-corrected chi connectivity index (χ1v) is 2.45. The van der Waals surface area contributed by atoms with Crippen molar-refractivity contribution < 1.29 is 14.6 Å². The van der Waals surface area contributed by atoms with E-state index in [1.807, 2.05) is 0 Å². The molecule has 0 bridgehead atoms. The van der Waals surface area contributed by atoms with Crippen LogP contribution in [0.4, 0.5) is 0 Å². The van der Waals surface area contributed by atoms with Gasteiger partial charge < -0.3 is 9.84 Å². The zero-order valence-electron chi connectivity index (χ0n) is 4.89. The summed E-state index contributed by atoms with van der Waals surface area (Å²) in [5.41, 5.74) is 0. The van der Waals surface area contributed by atoms with Crippen LogP contribution in [0.5, 0.6) is 0 Å². The van der Waals surface area contributed by atoms with Gasteiger partial charge >= 0.3 is 0 Å². The molecule has 0 aliphatic heterocycles. The predicted molar refractivity (Wildman–Crippen MR) is 28.3 cm³/mol. The topological polar surface area (TPSA) is 46.5 Å². The van der Waals surface area contributed by atoms with Crippen molar-refractivity contribution >= 4 is 5.78 Å². The van der Waals surface area contributed by atoms with Crippen LogP contribution in [-0.4, -0.2) is 24.3 Å². The van der Waals surface area contributed by atoms with E-state index in [9.17, 15) is 4.79 Å². The molecule has 0 radical (unpaired) electrons. The number of rotatable bonds is 4. The Morgan fingerprint density at radius 3 is 2.75 bits per heavy atom. The van der Waals surface area contributed by atoms with Crippen molar-refractivity contribution in [2.45, 2.75) is 13.3 Å². The van der Waals surface area contributed by atoms with E-state index in [0.717, 1.165) is 0 Å². The Kier molecular flexibility index (Phi) is 4.50. The van der Waals surface area contributed by atoms with E-state index in [2.05, 4.69) is 4.74 Å². The quantitative estimate of drug-likeness (QED) is 0.415. The third kappa shape index (κ3) is 5.59. The smallest absolute Gasteiger partial charge is 0.143 e. The fourth-order valence-corrected chi connectivity index (χ4v) is 0.280. The van der Waals surface area contributed by atoms with E-state index >= 15 is 0 Å². The summed E-state index contributed by atoms with van der Waals surface area (Å²) in [5.74, 6) is 0.0819. The van der Waals surface area contributed by atoms with E-state index in [0.29, 0.717) is 13.0 Å². The molecule has 0 spiro atoms. The maximum atomic E-state index is 10.2. The zero-order valence-corrected chi connectivity index (χ0v) is 4.89. The molecule has 0 unspecified atom stereocenters. The maximum Gasteiger partial charge on any atom is 0.143 e. The molecule has 0 fully saturated rings. The monoisotopic (exact) mass is 118 g/mol. The molecular formula is C5H10O3. The molecule has 0 saturated heterocycles. The van der Waals surface area contributed by atoms with Gasteiger partial charge in [-0.2, -0.15) is 0 Å². The summed E-state index contributed by atoms with van der Waals surface area (Å²) in [6.45, 7) is 1.51. The molecule has 0 aromatic carbocycles. The second kappa shape index (κ2) is 4.74. The molecule has 1 N–H and O–H groups in total. The highest BCUT2D eigenvalue weighted by Crippen LogP contribution is 1.81. The first-order valence-electron chi connectivity index (χ1n) is 2.45. The molecule has 0 aliphatic rings. The molecule has 0 aliphatic carbocycles. The van der Waals surface area contributed by atoms with E-state index < -0.39 is 0 Å². The fourth-order valence-electron chi connectivity index (χ4n) is 0.280. The van der Waals surface area contributed by atoms with E-state index in [1.165, 1.54) is 6.92 Å². The highest BCUT2D eigenvalue weighted by atomic mass is 16.6. The minimum Gasteiger partial charge on any atom is -0.371 e. The van der Waals surface area contributed by atoms with Crippen LogP contribution < -0.4 is 0 Å². The summed E-state index contributed by atoms with van der Waals surface area (Å²) in [4.78, 5) is 10.2. The number of carbonyl (C=O) groups excluding carboxylic acids is 1. The van der Waals surface area contributed by atoms with Crippen LogP contribution in [0.25, 0.3) is 0 Å². The van der Waals surface area contributed by atoms with Gasteiger partial charge in [0.05, 0.1) is 6.61 Å². The molecule has 0 atom stereocenters. The van der Waals surface area contributed by atoms with Crippen LogP contribution >= 0.6 is 0 Å². The first kappa shape index (κ1) is 7.59. The summed E-state index contributed by atoms with van der Waals surface area (Å²) < 4.78 is 4.48. The van der Waals surface area contributed by atoms with Gasteiger partial charge in [-0.15, -0.1) is 0 Å². The normalized spacial score (nSPS) is 9.25. The molecule has 3 heteroatoms. The average Bonchev–Trinajstić information content (AvgIpc) is 1.66. The minimum atomic E-state index is -0.298. The largest absolute Gasteiger partial charge is 0.371 e. The number of carbonyl (C=O) groups is 1. The lowest BCUT2D eigenvalue weighted by Crippen LogP contribution is -2.00. The van der Waals surface area contributed by atoms with Crippen molar-refractivity contribution in [1.29, 1.82) is 0 Å². The van der Waals surface area contributed by atoms with Crippen LogP contribution in [0, 0.1) is 0 Å². The van der Waals surface area contributed by atoms with E-state index in [1.54, 1.807) is 0 Å². The van der Waals surface area contributed by atoms with Crippen molar-refractivity contribution in [3.63, 3.8) is 0 Å². The fraction of sp³-hybridized carbons (Fsp3) is 0.800. The molecule has 0 heterocycles. The van der Waals surface area contributed by atoms with Crippen molar-refractivity contribution in [1.82, 2.24) is 0 Å². The number of hydrogen-bond acceptors (Lipinski definition) is 3. The molecule has 0 saturated carbocycles. The van der Waals surface area contributed by atoms with Gasteiger partial charge in [0.2, 0.25) is 0 Å². The standard InChI is InChI=1S/C5H10O3/c1-5(7)2-3-8-4-6/h6H,2-4H2,1H3. The highest BCUT2D eigenvalue weighted by Gasteiger charge is 1.89. The summed E-state index contributed by atoms with van der Waals surface area (Å²) in [7, 11) is 0. The van der Waals surface area contributed by atoms with Gasteiger partial charge in [-0.3, -0.25) is 4.79 Å². The van der Waals surface area contributed by atoms with Gasteiger partial charge in [0.15, 0.2) is 0 Å². The summed E-state index contributed by atoms with van der Waals surface area (Å²) in [5, 5.41) is 8.05. The average molecular weight is 118 g/mol. The maximum absolute atomic E-state index is 10.2. The van der Waals surface area contributed by atoms with Gasteiger partial charge in [-0.05, 0) is 6.92 Å². The summed E-state index contributed by atoms with van der Waals surface area (Å²) in [6.07, 6.45) is 0.389. The predicted octanol–water partition coefficient (Wildman–Crippen LogP) is -0.0681. The van der Waals surface area contributed by atoms with Crippen LogP contribution in [-0.2, 0) is 9.53 Å². The van der Waals surface area contributed by atoms with Crippen LogP contribution in [0.15, 0.2) is 0 Å². The van der Waals surface area contributed by atoms with Crippen molar-refractivity contribution in [3.05, 3.63) is 0 Å². The highest BCUT2D eigenvalue weighted by molar-refractivity contribution is 5.75. The molecule has 0 amide bonds. The van der Waals surface area contributed by atoms with Crippen molar-refractivity contribution in [2.75, 3.05) is 13.4 Å².